The first kappa shape index (κ1) is 18.0. The van der Waals surface area contributed by atoms with Crippen molar-refractivity contribution in [2.75, 3.05) is 5.73 Å². The van der Waals surface area contributed by atoms with E-state index in [1.807, 2.05) is 30.3 Å². The second-order valence-corrected chi connectivity index (χ2v) is 5.56. The normalized spacial score (nSPS) is 9.12. The van der Waals surface area contributed by atoms with Gasteiger partial charge in [-0.25, -0.2) is 15.0 Å². The van der Waals surface area contributed by atoms with Crippen molar-refractivity contribution in [3.63, 3.8) is 0 Å². The van der Waals surface area contributed by atoms with E-state index in [2.05, 4.69) is 19.4 Å². The first-order valence-corrected chi connectivity index (χ1v) is 8.12. The number of nitrogens with one attached hydrogen (secondary N) is 1. The number of rotatable bonds is 1. The molecule has 3 N–H and O–H groups in total. The molecule has 3 aromatic heterocycles. The highest BCUT2D eigenvalue weighted by Crippen LogP contribution is 2.26. The molecule has 0 saturated carbocycles. The summed E-state index contributed by atoms with van der Waals surface area (Å²) in [5.74, 6) is 0. The number of nitrogens with two attached hydrogens (primary N) is 1. The van der Waals surface area contributed by atoms with Gasteiger partial charge < -0.3 is 10.2 Å². The van der Waals surface area contributed by atoms with Crippen molar-refractivity contribution in [2.45, 2.75) is 0 Å². The lowest BCUT2D eigenvalue weighted by Crippen LogP contribution is -1.91. The lowest BCUT2D eigenvalue weighted by molar-refractivity contribution is 0.486. The maximum atomic E-state index is 6.83. The summed E-state index contributed by atoms with van der Waals surface area (Å²) in [5, 5.41) is 7.45. The van der Waals surface area contributed by atoms with Crippen molar-refractivity contribution in [1.82, 2.24) is 15.0 Å². The third kappa shape index (κ3) is 7.19. The zero-order chi connectivity index (χ0) is 17.7. The van der Waals surface area contributed by atoms with Crippen LogP contribution in [0.1, 0.15) is 0 Å². The minimum absolute atomic E-state index is 0.197. The fourth-order valence-electron chi connectivity index (χ4n) is 1.62. The van der Waals surface area contributed by atoms with E-state index in [9.17, 15) is 0 Å². The van der Waals surface area contributed by atoms with Gasteiger partial charge in [0.15, 0.2) is 5.13 Å². The van der Waals surface area contributed by atoms with Gasteiger partial charge in [0.05, 0.1) is 11.1 Å². The van der Waals surface area contributed by atoms with Crippen LogP contribution in [0, 0.1) is 5.41 Å². The maximum absolute atomic E-state index is 6.83. The molecule has 0 atom stereocenters. The summed E-state index contributed by atoms with van der Waals surface area (Å²) in [4.78, 5) is 12.5. The standard InChI is InChI=1S/C9H8N2S.C5H5NO.C4H4N2/c10-9-11-6-8(12-9)7-4-2-1-3-5-7;6-5-3-1-2-4-7-5;1-2-5-4-6-3-1/h1-6H,(H2,10,11);1-4,6H;1-4H. The van der Waals surface area contributed by atoms with E-state index in [1.54, 1.807) is 42.9 Å². The second-order valence-electron chi connectivity index (χ2n) is 4.50. The van der Waals surface area contributed by atoms with Crippen LogP contribution in [0.2, 0.25) is 0 Å². The van der Waals surface area contributed by atoms with Crippen molar-refractivity contribution in [3.05, 3.63) is 91.3 Å². The van der Waals surface area contributed by atoms with Gasteiger partial charge in [0.1, 0.15) is 6.33 Å². The minimum Gasteiger partial charge on any atom is -0.447 e. The van der Waals surface area contributed by atoms with Gasteiger partial charge in [0.2, 0.25) is 5.55 Å². The van der Waals surface area contributed by atoms with Crippen LogP contribution in [-0.2, 0) is 0 Å². The fraction of sp³-hybridized carbons (Fsp3) is 0. The van der Waals surface area contributed by atoms with Crippen molar-refractivity contribution in [1.29, 1.82) is 5.41 Å². The molecule has 1 aromatic carbocycles. The molecular weight excluding hydrogens is 334 g/mol. The molecule has 0 radical (unpaired) electrons. The lowest BCUT2D eigenvalue weighted by Gasteiger charge is -1.92. The number of thiazole rings is 1. The molecule has 0 amide bonds. The Labute approximate surface area is 149 Å². The SMILES string of the molecule is N=c1cccco1.Nc1ncc(-c2ccccc2)s1.c1cncnc1. The van der Waals surface area contributed by atoms with E-state index in [4.69, 9.17) is 11.1 Å². The zero-order valence-corrected chi connectivity index (χ0v) is 14.1. The molecule has 0 fully saturated rings. The summed E-state index contributed by atoms with van der Waals surface area (Å²) >= 11 is 1.51. The topological polar surface area (TPSA) is 102 Å². The van der Waals surface area contributed by atoms with Gasteiger partial charge in [0, 0.05) is 24.7 Å². The minimum atomic E-state index is 0.197. The molecule has 4 rings (SSSR count). The van der Waals surface area contributed by atoms with Crippen LogP contribution in [0.15, 0.2) is 90.2 Å². The van der Waals surface area contributed by atoms with Crippen LogP contribution in [-0.4, -0.2) is 15.0 Å². The van der Waals surface area contributed by atoms with E-state index < -0.39 is 0 Å². The van der Waals surface area contributed by atoms with E-state index in [0.29, 0.717) is 5.13 Å². The Morgan fingerprint density at radius 1 is 0.920 bits per heavy atom. The molecule has 0 aliphatic heterocycles. The van der Waals surface area contributed by atoms with Crippen molar-refractivity contribution >= 4 is 16.5 Å². The van der Waals surface area contributed by atoms with Crippen molar-refractivity contribution in [3.8, 4) is 10.4 Å². The van der Waals surface area contributed by atoms with Crippen LogP contribution in [0.25, 0.3) is 10.4 Å². The van der Waals surface area contributed by atoms with E-state index in [-0.39, 0.29) is 5.55 Å². The highest BCUT2D eigenvalue weighted by atomic mass is 32.1. The van der Waals surface area contributed by atoms with E-state index in [1.165, 1.54) is 29.5 Å². The summed E-state index contributed by atoms with van der Waals surface area (Å²) in [6.45, 7) is 0. The molecule has 0 saturated heterocycles. The second kappa shape index (κ2) is 10.5. The molecule has 6 nitrogen and oxygen atoms in total. The molecular formula is C18H17N5OS. The number of nitrogen functional groups attached to an aromatic ring is 1. The number of hydrogen-bond donors (Lipinski definition) is 2. The average Bonchev–Trinajstić information content (AvgIpc) is 3.12. The third-order valence-electron chi connectivity index (χ3n) is 2.69. The van der Waals surface area contributed by atoms with Crippen LogP contribution < -0.4 is 11.3 Å². The number of benzene rings is 1. The fourth-order valence-corrected chi connectivity index (χ4v) is 2.31. The quantitative estimate of drug-likeness (QED) is 0.545. The highest BCUT2D eigenvalue weighted by molar-refractivity contribution is 7.18. The van der Waals surface area contributed by atoms with Crippen LogP contribution in [0.4, 0.5) is 5.13 Å². The molecule has 0 unspecified atom stereocenters. The Bertz CT molecular complexity index is 850. The molecule has 4 aromatic rings. The Morgan fingerprint density at radius 2 is 1.64 bits per heavy atom. The van der Waals surface area contributed by atoms with Crippen LogP contribution in [0.3, 0.4) is 0 Å². The van der Waals surface area contributed by atoms with Gasteiger partial charge in [-0.15, -0.1) is 0 Å². The molecule has 25 heavy (non-hydrogen) atoms. The molecule has 0 aliphatic rings. The molecule has 0 bridgehead atoms. The summed E-state index contributed by atoms with van der Waals surface area (Å²) in [6.07, 6.45) is 8.15. The molecule has 0 spiro atoms. The summed E-state index contributed by atoms with van der Waals surface area (Å²) in [7, 11) is 0. The average molecular weight is 351 g/mol. The number of nitrogens with zero attached hydrogens (tertiary/aromatic N) is 3. The van der Waals surface area contributed by atoms with Gasteiger partial charge in [-0.2, -0.15) is 0 Å². The smallest absolute Gasteiger partial charge is 0.210 e. The van der Waals surface area contributed by atoms with Crippen LogP contribution >= 0.6 is 11.3 Å². The van der Waals surface area contributed by atoms with Gasteiger partial charge >= 0.3 is 0 Å². The number of aromatic nitrogens is 3. The van der Waals surface area contributed by atoms with E-state index in [0.717, 1.165) is 4.88 Å². The summed E-state index contributed by atoms with van der Waals surface area (Å²) < 4.78 is 4.59. The molecule has 126 valence electrons. The number of hydrogen-bond acceptors (Lipinski definition) is 7. The van der Waals surface area contributed by atoms with Crippen LogP contribution in [0.5, 0.6) is 0 Å². The van der Waals surface area contributed by atoms with Crippen molar-refractivity contribution < 1.29 is 4.42 Å². The molecule has 0 aliphatic carbocycles. The van der Waals surface area contributed by atoms with Gasteiger partial charge in [-0.1, -0.05) is 47.7 Å². The first-order valence-electron chi connectivity index (χ1n) is 7.31. The lowest BCUT2D eigenvalue weighted by atomic mass is 10.2. The maximum Gasteiger partial charge on any atom is 0.210 e. The third-order valence-corrected chi connectivity index (χ3v) is 3.57. The summed E-state index contributed by atoms with van der Waals surface area (Å²) in [6, 6.07) is 17.0. The van der Waals surface area contributed by atoms with E-state index >= 15 is 0 Å². The highest BCUT2D eigenvalue weighted by Gasteiger charge is 1.99. The van der Waals surface area contributed by atoms with Crippen molar-refractivity contribution in [2.24, 2.45) is 0 Å². The predicted octanol–water partition coefficient (Wildman–Crippen LogP) is 3.63. The largest absolute Gasteiger partial charge is 0.447 e. The Hall–Kier alpha value is -3.32. The first-order chi connectivity index (χ1) is 12.3. The molecule has 3 heterocycles. The number of anilines is 1. The monoisotopic (exact) mass is 351 g/mol. The van der Waals surface area contributed by atoms with Gasteiger partial charge in [-0.3, -0.25) is 5.41 Å². The molecule has 7 heteroatoms. The Morgan fingerprint density at radius 3 is 2.04 bits per heavy atom. The predicted molar refractivity (Wildman–Crippen MR) is 98.6 cm³/mol. The Kier molecular flexibility index (Phi) is 7.54. The van der Waals surface area contributed by atoms with Gasteiger partial charge in [-0.05, 0) is 17.7 Å². The van der Waals surface area contributed by atoms with Gasteiger partial charge in [0.25, 0.3) is 0 Å². The zero-order valence-electron chi connectivity index (χ0n) is 13.3. The Balaban J connectivity index is 0.000000148. The summed E-state index contributed by atoms with van der Waals surface area (Å²) in [5.41, 5.74) is 6.89.